The predicted molar refractivity (Wildman–Crippen MR) is 61.8 cm³/mol. The van der Waals surface area contributed by atoms with Gasteiger partial charge in [-0.3, -0.25) is 9.59 Å². The molecule has 0 aromatic heterocycles. The molecule has 0 aliphatic carbocycles. The van der Waals surface area contributed by atoms with Crippen molar-refractivity contribution in [3.8, 4) is 0 Å². The molecule has 0 aliphatic heterocycles. The molecule has 0 fully saturated rings. The molecule has 20 heavy (non-hydrogen) atoms. The molecule has 0 amide bonds. The molecule has 0 spiro atoms. The first kappa shape index (κ1) is 18.6. The summed E-state index contributed by atoms with van der Waals surface area (Å²) < 4.78 is 17.1. The maximum atomic E-state index is 11.7. The summed E-state index contributed by atoms with van der Waals surface area (Å²) in [5.41, 5.74) is -2.64. The Bertz CT molecular complexity index is 359. The Morgan fingerprint density at radius 1 is 1.15 bits per heavy atom. The summed E-state index contributed by atoms with van der Waals surface area (Å²) in [7, 11) is 2.94. The highest BCUT2D eigenvalue weighted by Crippen LogP contribution is 2.30. The van der Waals surface area contributed by atoms with Gasteiger partial charge in [-0.05, 0) is 0 Å². The molecule has 0 aliphatic rings. The number of hydrogen-bond acceptors (Lipinski definition) is 11. The van der Waals surface area contributed by atoms with Crippen molar-refractivity contribution in [1.82, 2.24) is 0 Å². The molecule has 0 saturated carbocycles. The Balaban J connectivity index is 5.44. The molecule has 10 nitrogen and oxygen atoms in total. The van der Waals surface area contributed by atoms with Gasteiger partial charge in [0.15, 0.2) is 10.9 Å². The van der Waals surface area contributed by atoms with Crippen LogP contribution in [-0.2, 0) is 38.0 Å². The molecule has 0 bridgehead atoms. The standard InChI is InChI=1S/C9H14O10S/c1-15-5(10)4-9(13,8(12)17-3)6(7(11)16-2)20-19-18-14/h6,13-14H,4H2,1-3H3. The lowest BCUT2D eigenvalue weighted by Crippen LogP contribution is -2.54. The van der Waals surface area contributed by atoms with E-state index >= 15 is 0 Å². The van der Waals surface area contributed by atoms with Gasteiger partial charge in [-0.25, -0.2) is 10.1 Å². The van der Waals surface area contributed by atoms with E-state index in [1.54, 1.807) is 0 Å². The van der Waals surface area contributed by atoms with E-state index < -0.39 is 35.2 Å². The Hall–Kier alpha value is -1.40. The second kappa shape index (κ2) is 8.71. The fraction of sp³-hybridized carbons (Fsp3) is 0.667. The molecule has 0 heterocycles. The first-order valence-corrected chi connectivity index (χ1v) is 5.76. The molecule has 2 N–H and O–H groups in total. The van der Waals surface area contributed by atoms with Crippen LogP contribution in [0.2, 0.25) is 0 Å². The first-order valence-electron chi connectivity index (χ1n) is 4.96. The Labute approximate surface area is 117 Å². The van der Waals surface area contributed by atoms with Gasteiger partial charge in [-0.2, -0.15) is 0 Å². The summed E-state index contributed by atoms with van der Waals surface area (Å²) >= 11 is 0.0520. The summed E-state index contributed by atoms with van der Waals surface area (Å²) in [6.45, 7) is 0. The Kier molecular flexibility index (Phi) is 8.10. The lowest BCUT2D eigenvalue weighted by molar-refractivity contribution is -0.432. The summed E-state index contributed by atoms with van der Waals surface area (Å²) in [5.74, 6) is -3.41. The smallest absolute Gasteiger partial charge is 0.340 e. The quantitative estimate of drug-likeness (QED) is 0.189. The monoisotopic (exact) mass is 314 g/mol. The molecule has 2 atom stereocenters. The highest BCUT2D eigenvalue weighted by atomic mass is 32.2. The van der Waals surface area contributed by atoms with Gasteiger partial charge in [-0.15, -0.1) is 4.33 Å². The maximum Gasteiger partial charge on any atom is 0.340 e. The average molecular weight is 314 g/mol. The third-order valence-electron chi connectivity index (χ3n) is 2.20. The normalized spacial score (nSPS) is 14.8. The lowest BCUT2D eigenvalue weighted by Gasteiger charge is -2.28. The fourth-order valence-corrected chi connectivity index (χ4v) is 1.85. The first-order chi connectivity index (χ1) is 9.37. The fourth-order valence-electron chi connectivity index (χ4n) is 1.22. The number of hydrogen-bond donors (Lipinski definition) is 2. The highest BCUT2D eigenvalue weighted by Gasteiger charge is 2.53. The van der Waals surface area contributed by atoms with E-state index in [2.05, 4.69) is 23.6 Å². The number of esters is 3. The van der Waals surface area contributed by atoms with Crippen molar-refractivity contribution in [2.45, 2.75) is 17.3 Å². The molecular formula is C9H14O10S. The molecule has 0 aromatic rings. The van der Waals surface area contributed by atoms with Gasteiger partial charge in [0.2, 0.25) is 0 Å². The van der Waals surface area contributed by atoms with Crippen molar-refractivity contribution in [1.29, 1.82) is 0 Å². The summed E-state index contributed by atoms with van der Waals surface area (Å²) in [4.78, 5) is 34.5. The third kappa shape index (κ3) is 4.61. The highest BCUT2D eigenvalue weighted by molar-refractivity contribution is 7.96. The summed E-state index contributed by atoms with van der Waals surface area (Å²) in [5, 5.41) is 19.8. The number of ether oxygens (including phenoxy) is 3. The van der Waals surface area contributed by atoms with Crippen LogP contribution >= 0.6 is 12.0 Å². The minimum Gasteiger partial charge on any atom is -0.469 e. The number of rotatable bonds is 8. The van der Waals surface area contributed by atoms with E-state index in [0.29, 0.717) is 0 Å². The zero-order chi connectivity index (χ0) is 15.8. The van der Waals surface area contributed by atoms with E-state index in [4.69, 9.17) is 5.26 Å². The number of carbonyl (C=O) groups excluding carboxylic acids is 3. The number of carbonyl (C=O) groups is 3. The maximum absolute atomic E-state index is 11.7. The van der Waals surface area contributed by atoms with Crippen molar-refractivity contribution < 1.29 is 48.3 Å². The second-order valence-electron chi connectivity index (χ2n) is 3.31. The molecule has 11 heteroatoms. The minimum atomic E-state index is -2.64. The van der Waals surface area contributed by atoms with Gasteiger partial charge >= 0.3 is 17.9 Å². The molecule has 0 radical (unpaired) electrons. The van der Waals surface area contributed by atoms with E-state index in [1.807, 2.05) is 0 Å². The minimum absolute atomic E-state index is 0.0520. The van der Waals surface area contributed by atoms with Gasteiger partial charge in [0.25, 0.3) is 0 Å². The largest absolute Gasteiger partial charge is 0.469 e. The van der Waals surface area contributed by atoms with Crippen molar-refractivity contribution in [2.75, 3.05) is 21.3 Å². The van der Waals surface area contributed by atoms with E-state index in [-0.39, 0.29) is 12.0 Å². The van der Waals surface area contributed by atoms with Gasteiger partial charge in [0.05, 0.1) is 39.8 Å². The molecular weight excluding hydrogens is 300 g/mol. The van der Waals surface area contributed by atoms with Crippen LogP contribution in [0.1, 0.15) is 6.42 Å². The van der Waals surface area contributed by atoms with Crippen LogP contribution in [-0.4, -0.2) is 60.5 Å². The van der Waals surface area contributed by atoms with E-state index in [1.165, 1.54) is 0 Å². The van der Waals surface area contributed by atoms with Gasteiger partial charge in [-0.1, -0.05) is 5.04 Å². The molecule has 0 aromatic carbocycles. The van der Waals surface area contributed by atoms with Crippen LogP contribution in [0.5, 0.6) is 0 Å². The van der Waals surface area contributed by atoms with Crippen LogP contribution in [0, 0.1) is 0 Å². The predicted octanol–water partition coefficient (Wildman–Crippen LogP) is -0.935. The lowest BCUT2D eigenvalue weighted by atomic mass is 9.95. The van der Waals surface area contributed by atoms with E-state index in [0.717, 1.165) is 21.3 Å². The average Bonchev–Trinajstić information content (AvgIpc) is 2.45. The van der Waals surface area contributed by atoms with E-state index in [9.17, 15) is 19.5 Å². The summed E-state index contributed by atoms with van der Waals surface area (Å²) in [6.07, 6.45) is -0.905. The molecule has 0 saturated heterocycles. The topological polar surface area (TPSA) is 138 Å². The van der Waals surface area contributed by atoms with Crippen LogP contribution in [0.3, 0.4) is 0 Å². The summed E-state index contributed by atoms with van der Waals surface area (Å²) in [6, 6.07) is 0. The number of aliphatic hydroxyl groups is 1. The van der Waals surface area contributed by atoms with Crippen LogP contribution in [0.15, 0.2) is 0 Å². The Morgan fingerprint density at radius 2 is 1.75 bits per heavy atom. The molecule has 2 unspecified atom stereocenters. The van der Waals surface area contributed by atoms with Crippen molar-refractivity contribution >= 4 is 30.0 Å². The van der Waals surface area contributed by atoms with Gasteiger partial charge < -0.3 is 19.3 Å². The SMILES string of the molecule is COC(=O)CC(O)(C(=O)OC)C(SOOO)C(=O)OC. The van der Waals surface area contributed by atoms with Crippen LogP contribution in [0.4, 0.5) is 0 Å². The molecule has 0 rings (SSSR count). The number of methoxy groups -OCH3 is 3. The second-order valence-corrected chi connectivity index (χ2v) is 4.11. The van der Waals surface area contributed by atoms with Gasteiger partial charge in [0, 0.05) is 0 Å². The Morgan fingerprint density at radius 3 is 2.15 bits per heavy atom. The zero-order valence-electron chi connectivity index (χ0n) is 10.9. The van der Waals surface area contributed by atoms with Crippen molar-refractivity contribution in [3.05, 3.63) is 0 Å². The zero-order valence-corrected chi connectivity index (χ0v) is 11.7. The third-order valence-corrected chi connectivity index (χ3v) is 3.11. The van der Waals surface area contributed by atoms with Crippen LogP contribution < -0.4 is 0 Å². The van der Waals surface area contributed by atoms with Crippen molar-refractivity contribution in [3.63, 3.8) is 0 Å². The van der Waals surface area contributed by atoms with Gasteiger partial charge in [0.1, 0.15) is 0 Å². The van der Waals surface area contributed by atoms with Crippen LogP contribution in [0.25, 0.3) is 0 Å². The molecule has 116 valence electrons. The van der Waals surface area contributed by atoms with Crippen molar-refractivity contribution in [2.24, 2.45) is 0 Å².